The van der Waals surface area contributed by atoms with Gasteiger partial charge in [-0.15, -0.1) is 0 Å². The molecule has 0 heterocycles. The lowest BCUT2D eigenvalue weighted by atomic mass is 10.0. The number of hydrogen-bond acceptors (Lipinski definition) is 1. The summed E-state index contributed by atoms with van der Waals surface area (Å²) in [6.07, 6.45) is 0. The molecule has 0 aliphatic rings. The van der Waals surface area contributed by atoms with Crippen molar-refractivity contribution in [3.8, 4) is 17.2 Å². The third kappa shape index (κ3) is 2.41. The van der Waals surface area contributed by atoms with Gasteiger partial charge in [-0.3, -0.25) is 0 Å². The molecule has 0 saturated carbocycles. The fraction of sp³-hybridized carbons (Fsp3) is 0. The summed E-state index contributed by atoms with van der Waals surface area (Å²) in [7, 11) is 0. The Bertz CT molecular complexity index is 597. The van der Waals surface area contributed by atoms with E-state index in [1.165, 1.54) is 6.07 Å². The minimum absolute atomic E-state index is 0.00130. The van der Waals surface area contributed by atoms with Crippen molar-refractivity contribution in [3.63, 3.8) is 0 Å². The van der Waals surface area contributed by atoms with Crippen LogP contribution in [0.25, 0.3) is 11.1 Å². The highest BCUT2D eigenvalue weighted by molar-refractivity contribution is 6.35. The van der Waals surface area contributed by atoms with Crippen LogP contribution in [0.2, 0.25) is 10.0 Å². The SMILES string of the molecule is N#Cc1cccc(-c2cc(Cl)cc(Cl)c2)c1F. The van der Waals surface area contributed by atoms with Crippen molar-refractivity contribution in [2.45, 2.75) is 0 Å². The third-order valence-corrected chi connectivity index (χ3v) is 2.73. The smallest absolute Gasteiger partial charge is 0.148 e. The van der Waals surface area contributed by atoms with E-state index in [1.807, 2.05) is 0 Å². The van der Waals surface area contributed by atoms with Crippen LogP contribution in [0.4, 0.5) is 4.39 Å². The van der Waals surface area contributed by atoms with Gasteiger partial charge in [-0.05, 0) is 29.8 Å². The predicted octanol–water partition coefficient (Wildman–Crippen LogP) is 4.67. The maximum Gasteiger partial charge on any atom is 0.148 e. The summed E-state index contributed by atoms with van der Waals surface area (Å²) >= 11 is 11.7. The van der Waals surface area contributed by atoms with E-state index < -0.39 is 5.82 Å². The third-order valence-electron chi connectivity index (χ3n) is 2.29. The number of rotatable bonds is 1. The Morgan fingerprint density at radius 2 is 1.71 bits per heavy atom. The van der Waals surface area contributed by atoms with Crippen LogP contribution in [0.3, 0.4) is 0 Å². The summed E-state index contributed by atoms with van der Waals surface area (Å²) < 4.78 is 13.9. The summed E-state index contributed by atoms with van der Waals surface area (Å²) in [4.78, 5) is 0. The van der Waals surface area contributed by atoms with Gasteiger partial charge in [-0.2, -0.15) is 5.26 Å². The van der Waals surface area contributed by atoms with Crippen molar-refractivity contribution in [2.24, 2.45) is 0 Å². The van der Waals surface area contributed by atoms with E-state index in [0.717, 1.165) is 0 Å². The van der Waals surface area contributed by atoms with Crippen LogP contribution in [-0.4, -0.2) is 0 Å². The molecule has 0 bridgehead atoms. The van der Waals surface area contributed by atoms with Crippen LogP contribution in [0.5, 0.6) is 0 Å². The zero-order chi connectivity index (χ0) is 12.4. The predicted molar refractivity (Wildman–Crippen MR) is 66.6 cm³/mol. The number of nitriles is 1. The molecule has 2 rings (SSSR count). The molecule has 4 heteroatoms. The van der Waals surface area contributed by atoms with Crippen LogP contribution in [0.15, 0.2) is 36.4 Å². The van der Waals surface area contributed by atoms with Gasteiger partial charge in [0.1, 0.15) is 11.9 Å². The van der Waals surface area contributed by atoms with Crippen LogP contribution in [-0.2, 0) is 0 Å². The van der Waals surface area contributed by atoms with Gasteiger partial charge in [0.25, 0.3) is 0 Å². The molecule has 0 spiro atoms. The van der Waals surface area contributed by atoms with Crippen molar-refractivity contribution in [1.82, 2.24) is 0 Å². The number of nitrogens with zero attached hydrogens (tertiary/aromatic N) is 1. The number of benzene rings is 2. The Balaban J connectivity index is 2.65. The lowest BCUT2D eigenvalue weighted by Crippen LogP contribution is -1.89. The van der Waals surface area contributed by atoms with E-state index in [2.05, 4.69) is 0 Å². The highest BCUT2D eigenvalue weighted by atomic mass is 35.5. The second-order valence-corrected chi connectivity index (χ2v) is 4.31. The molecule has 0 unspecified atom stereocenters. The van der Waals surface area contributed by atoms with Crippen molar-refractivity contribution in [1.29, 1.82) is 5.26 Å². The fourth-order valence-electron chi connectivity index (χ4n) is 1.55. The second kappa shape index (κ2) is 4.75. The van der Waals surface area contributed by atoms with Crippen molar-refractivity contribution < 1.29 is 4.39 Å². The van der Waals surface area contributed by atoms with Gasteiger partial charge in [-0.1, -0.05) is 35.3 Å². The average molecular weight is 266 g/mol. The van der Waals surface area contributed by atoms with Crippen molar-refractivity contribution in [2.75, 3.05) is 0 Å². The molecule has 0 radical (unpaired) electrons. The maximum atomic E-state index is 13.9. The first-order valence-corrected chi connectivity index (χ1v) is 5.52. The molecular formula is C13H6Cl2FN. The first-order valence-electron chi connectivity index (χ1n) is 4.77. The van der Waals surface area contributed by atoms with Gasteiger partial charge < -0.3 is 0 Å². The van der Waals surface area contributed by atoms with Gasteiger partial charge in [-0.25, -0.2) is 4.39 Å². The monoisotopic (exact) mass is 265 g/mol. The Morgan fingerprint density at radius 1 is 1.06 bits per heavy atom. The van der Waals surface area contributed by atoms with Crippen molar-refractivity contribution in [3.05, 3.63) is 57.8 Å². The minimum Gasteiger partial charge on any atom is -0.205 e. The number of hydrogen-bond donors (Lipinski definition) is 0. The van der Waals surface area contributed by atoms with Crippen LogP contribution < -0.4 is 0 Å². The zero-order valence-electron chi connectivity index (χ0n) is 8.55. The highest BCUT2D eigenvalue weighted by Gasteiger charge is 2.10. The lowest BCUT2D eigenvalue weighted by molar-refractivity contribution is 0.627. The van der Waals surface area contributed by atoms with E-state index >= 15 is 0 Å². The Kier molecular flexibility index (Phi) is 3.33. The quantitative estimate of drug-likeness (QED) is 0.735. The topological polar surface area (TPSA) is 23.8 Å². The molecule has 0 N–H and O–H groups in total. The van der Waals surface area contributed by atoms with Gasteiger partial charge in [0.05, 0.1) is 5.56 Å². The van der Waals surface area contributed by atoms with Crippen LogP contribution in [0.1, 0.15) is 5.56 Å². The van der Waals surface area contributed by atoms with E-state index in [-0.39, 0.29) is 5.56 Å². The second-order valence-electron chi connectivity index (χ2n) is 3.44. The molecule has 2 aromatic carbocycles. The Hall–Kier alpha value is -1.56. The average Bonchev–Trinajstić information content (AvgIpc) is 2.28. The standard InChI is InChI=1S/C13H6Cl2FN/c14-10-4-9(5-11(15)6-10)12-3-1-2-8(7-17)13(12)16/h1-6H. The molecule has 0 aromatic heterocycles. The zero-order valence-corrected chi connectivity index (χ0v) is 10.1. The molecule has 0 aliphatic heterocycles. The molecule has 84 valence electrons. The van der Waals surface area contributed by atoms with E-state index in [1.54, 1.807) is 36.4 Å². The summed E-state index contributed by atoms with van der Waals surface area (Å²) in [5.41, 5.74) is 0.865. The van der Waals surface area contributed by atoms with Gasteiger partial charge >= 0.3 is 0 Å². The molecule has 0 atom stereocenters. The summed E-state index contributed by atoms with van der Waals surface area (Å²) in [5.74, 6) is -0.562. The van der Waals surface area contributed by atoms with E-state index in [9.17, 15) is 4.39 Å². The molecule has 0 aliphatic carbocycles. The van der Waals surface area contributed by atoms with E-state index in [0.29, 0.717) is 21.2 Å². The summed E-state index contributed by atoms with van der Waals surface area (Å²) in [6, 6.07) is 11.2. The Morgan fingerprint density at radius 3 is 2.29 bits per heavy atom. The fourth-order valence-corrected chi connectivity index (χ4v) is 2.08. The largest absolute Gasteiger partial charge is 0.205 e. The van der Waals surface area contributed by atoms with Crippen LogP contribution in [0, 0.1) is 17.1 Å². The van der Waals surface area contributed by atoms with Crippen LogP contribution >= 0.6 is 23.2 Å². The molecule has 0 fully saturated rings. The molecule has 2 aromatic rings. The van der Waals surface area contributed by atoms with Gasteiger partial charge in [0.15, 0.2) is 0 Å². The lowest BCUT2D eigenvalue weighted by Gasteiger charge is -2.05. The first-order chi connectivity index (χ1) is 8.11. The molecule has 1 nitrogen and oxygen atoms in total. The van der Waals surface area contributed by atoms with E-state index in [4.69, 9.17) is 28.5 Å². The molecular weight excluding hydrogens is 260 g/mol. The van der Waals surface area contributed by atoms with Gasteiger partial charge in [0.2, 0.25) is 0 Å². The van der Waals surface area contributed by atoms with Gasteiger partial charge in [0, 0.05) is 15.6 Å². The Labute approximate surface area is 108 Å². The molecule has 0 saturated heterocycles. The molecule has 17 heavy (non-hydrogen) atoms. The summed E-state index contributed by atoms with van der Waals surface area (Å²) in [5, 5.41) is 9.61. The first kappa shape index (κ1) is 11.9. The molecule has 0 amide bonds. The van der Waals surface area contributed by atoms with Crippen molar-refractivity contribution >= 4 is 23.2 Å². The highest BCUT2D eigenvalue weighted by Crippen LogP contribution is 2.29. The summed E-state index contributed by atoms with van der Waals surface area (Å²) in [6.45, 7) is 0. The maximum absolute atomic E-state index is 13.9. The minimum atomic E-state index is -0.562. The normalized spacial score (nSPS) is 10.0. The number of halogens is 3.